The van der Waals surface area contributed by atoms with E-state index in [2.05, 4.69) is 27.6 Å². The molecule has 0 aliphatic heterocycles. The van der Waals surface area contributed by atoms with Crippen molar-refractivity contribution in [1.29, 1.82) is 0 Å². The first-order valence-electron chi connectivity index (χ1n) is 3.74. The molecule has 0 unspecified atom stereocenters. The molecule has 2 aromatic rings. The van der Waals surface area contributed by atoms with Crippen LogP contribution in [0.1, 0.15) is 5.89 Å². The van der Waals surface area contributed by atoms with Crippen molar-refractivity contribution in [3.8, 4) is 0 Å². The van der Waals surface area contributed by atoms with Gasteiger partial charge in [-0.3, -0.25) is 0 Å². The minimum atomic E-state index is -0.312. The average molecular weight is 287 g/mol. The fraction of sp³-hybridized carbons (Fsp3) is 0.111. The molecule has 4 heteroatoms. The van der Waals surface area contributed by atoms with Crippen molar-refractivity contribution < 1.29 is 4.42 Å². The molecule has 1 aromatic carbocycles. The number of benzene rings is 1. The van der Waals surface area contributed by atoms with E-state index >= 15 is 0 Å². The lowest BCUT2D eigenvalue weighted by Crippen LogP contribution is -2.04. The first kappa shape index (κ1) is 8.68. The third-order valence-corrected chi connectivity index (χ3v) is 2.61. The lowest BCUT2D eigenvalue weighted by Gasteiger charge is -1.97. The maximum atomic E-state index is 11.4. The van der Waals surface area contributed by atoms with Crippen LogP contribution in [0.15, 0.2) is 27.4 Å². The molecule has 2 rings (SSSR count). The number of aromatic nitrogens is 1. The van der Waals surface area contributed by atoms with Crippen molar-refractivity contribution in [3.05, 3.63) is 38.1 Å². The number of hydrogen-bond acceptors (Lipinski definition) is 3. The second kappa shape index (κ2) is 3.10. The van der Waals surface area contributed by atoms with E-state index in [1.807, 2.05) is 12.1 Å². The highest BCUT2D eigenvalue weighted by atomic mass is 127. The Balaban J connectivity index is 3.03. The number of fused-ring (bicyclic) bond motifs is 1. The smallest absolute Gasteiger partial charge is 0.347 e. The van der Waals surface area contributed by atoms with E-state index in [0.717, 1.165) is 3.57 Å². The predicted octanol–water partition coefficient (Wildman–Crippen LogP) is 2.10. The molecule has 0 spiro atoms. The number of rotatable bonds is 0. The Morgan fingerprint density at radius 2 is 2.23 bits per heavy atom. The van der Waals surface area contributed by atoms with Gasteiger partial charge in [-0.05, 0) is 34.7 Å². The van der Waals surface area contributed by atoms with E-state index in [0.29, 0.717) is 16.8 Å². The van der Waals surface area contributed by atoms with Crippen LogP contribution in [0.25, 0.3) is 10.9 Å². The van der Waals surface area contributed by atoms with E-state index < -0.39 is 0 Å². The molecule has 0 radical (unpaired) electrons. The van der Waals surface area contributed by atoms with Crippen LogP contribution in [-0.4, -0.2) is 4.98 Å². The highest BCUT2D eigenvalue weighted by Crippen LogP contribution is 2.15. The van der Waals surface area contributed by atoms with Crippen LogP contribution in [-0.2, 0) is 0 Å². The summed E-state index contributed by atoms with van der Waals surface area (Å²) in [5, 5.41) is 0.564. The Kier molecular flexibility index (Phi) is 2.07. The van der Waals surface area contributed by atoms with E-state index in [1.54, 1.807) is 13.0 Å². The van der Waals surface area contributed by atoms with Crippen molar-refractivity contribution >= 4 is 33.5 Å². The topological polar surface area (TPSA) is 43.1 Å². The van der Waals surface area contributed by atoms with Crippen molar-refractivity contribution in [2.45, 2.75) is 6.92 Å². The minimum absolute atomic E-state index is 0.312. The normalized spacial score (nSPS) is 10.6. The molecular weight excluding hydrogens is 281 g/mol. The summed E-state index contributed by atoms with van der Waals surface area (Å²) in [4.78, 5) is 15.5. The first-order valence-corrected chi connectivity index (χ1v) is 4.82. The van der Waals surface area contributed by atoms with Gasteiger partial charge in [0.2, 0.25) is 0 Å². The largest absolute Gasteiger partial charge is 0.408 e. The molecule has 0 fully saturated rings. The zero-order valence-corrected chi connectivity index (χ0v) is 9.03. The summed E-state index contributed by atoms with van der Waals surface area (Å²) >= 11 is 2.10. The van der Waals surface area contributed by atoms with Gasteiger partial charge in [0.05, 0.1) is 10.9 Å². The van der Waals surface area contributed by atoms with Crippen LogP contribution in [0.4, 0.5) is 0 Å². The Morgan fingerprint density at radius 1 is 1.46 bits per heavy atom. The maximum Gasteiger partial charge on any atom is 0.347 e. The van der Waals surface area contributed by atoms with Gasteiger partial charge in [-0.25, -0.2) is 9.78 Å². The van der Waals surface area contributed by atoms with Crippen molar-refractivity contribution in [1.82, 2.24) is 4.98 Å². The van der Waals surface area contributed by atoms with Gasteiger partial charge in [-0.1, -0.05) is 6.07 Å². The Labute approximate surface area is 87.9 Å². The molecule has 0 atom stereocenters. The lowest BCUT2D eigenvalue weighted by molar-refractivity contribution is 0.467. The quantitative estimate of drug-likeness (QED) is 0.697. The van der Waals surface area contributed by atoms with Gasteiger partial charge in [0.1, 0.15) is 0 Å². The predicted molar refractivity (Wildman–Crippen MR) is 57.7 cm³/mol. The van der Waals surface area contributed by atoms with Gasteiger partial charge < -0.3 is 4.42 Å². The number of aryl methyl sites for hydroxylation is 1. The molecule has 0 bridgehead atoms. The van der Waals surface area contributed by atoms with Crippen molar-refractivity contribution in [3.63, 3.8) is 0 Å². The number of halogens is 1. The highest BCUT2D eigenvalue weighted by Gasteiger charge is 2.05. The van der Waals surface area contributed by atoms with Crippen LogP contribution in [0.5, 0.6) is 0 Å². The third-order valence-electron chi connectivity index (χ3n) is 1.71. The summed E-state index contributed by atoms with van der Waals surface area (Å²) in [7, 11) is 0. The van der Waals surface area contributed by atoms with Crippen molar-refractivity contribution in [2.24, 2.45) is 0 Å². The van der Waals surface area contributed by atoms with E-state index in [4.69, 9.17) is 4.42 Å². The van der Waals surface area contributed by atoms with Crippen LogP contribution >= 0.6 is 22.6 Å². The lowest BCUT2D eigenvalue weighted by atomic mass is 10.2. The van der Waals surface area contributed by atoms with Gasteiger partial charge >= 0.3 is 5.63 Å². The van der Waals surface area contributed by atoms with E-state index in [9.17, 15) is 4.79 Å². The maximum absolute atomic E-state index is 11.4. The monoisotopic (exact) mass is 287 g/mol. The molecule has 0 saturated heterocycles. The fourth-order valence-corrected chi connectivity index (χ4v) is 1.89. The van der Waals surface area contributed by atoms with E-state index in [-0.39, 0.29) is 5.63 Å². The second-order valence-electron chi connectivity index (χ2n) is 2.65. The standard InChI is InChI=1S/C9H6INO2/c1-5-11-7-4-2-3-6(10)8(7)9(12)13-5/h2-4H,1H3. The molecule has 1 heterocycles. The number of nitrogens with zero attached hydrogens (tertiary/aromatic N) is 1. The Morgan fingerprint density at radius 3 is 3.00 bits per heavy atom. The third kappa shape index (κ3) is 1.46. The van der Waals surface area contributed by atoms with Crippen LogP contribution in [0.2, 0.25) is 0 Å². The van der Waals surface area contributed by atoms with Gasteiger partial charge in [0, 0.05) is 10.5 Å². The zero-order valence-electron chi connectivity index (χ0n) is 6.87. The van der Waals surface area contributed by atoms with Crippen LogP contribution in [0.3, 0.4) is 0 Å². The second-order valence-corrected chi connectivity index (χ2v) is 3.82. The molecule has 66 valence electrons. The Bertz CT molecular complexity index is 518. The fourth-order valence-electron chi connectivity index (χ4n) is 1.19. The molecule has 0 aliphatic rings. The molecule has 0 saturated carbocycles. The van der Waals surface area contributed by atoms with Crippen LogP contribution in [0, 0.1) is 10.5 Å². The van der Waals surface area contributed by atoms with Gasteiger partial charge in [0.15, 0.2) is 5.89 Å². The summed E-state index contributed by atoms with van der Waals surface area (Å²) < 4.78 is 5.77. The summed E-state index contributed by atoms with van der Waals surface area (Å²) in [5.41, 5.74) is 0.383. The minimum Gasteiger partial charge on any atom is -0.408 e. The summed E-state index contributed by atoms with van der Waals surface area (Å²) in [5.74, 6) is 0.402. The molecule has 0 N–H and O–H groups in total. The molecule has 3 nitrogen and oxygen atoms in total. The van der Waals surface area contributed by atoms with E-state index in [1.165, 1.54) is 0 Å². The highest BCUT2D eigenvalue weighted by molar-refractivity contribution is 14.1. The SMILES string of the molecule is Cc1nc2cccc(I)c2c(=O)o1. The zero-order chi connectivity index (χ0) is 9.42. The summed E-state index contributed by atoms with van der Waals surface area (Å²) in [6.07, 6.45) is 0. The van der Waals surface area contributed by atoms with Crippen LogP contribution < -0.4 is 5.63 Å². The molecule has 0 aliphatic carbocycles. The molecule has 0 amide bonds. The molecular formula is C9H6INO2. The molecule has 1 aromatic heterocycles. The van der Waals surface area contributed by atoms with Gasteiger partial charge in [-0.15, -0.1) is 0 Å². The average Bonchev–Trinajstić information content (AvgIpc) is 2.02. The molecule has 13 heavy (non-hydrogen) atoms. The Hall–Kier alpha value is -0.910. The van der Waals surface area contributed by atoms with Gasteiger partial charge in [0.25, 0.3) is 0 Å². The summed E-state index contributed by atoms with van der Waals surface area (Å²) in [6, 6.07) is 5.54. The first-order chi connectivity index (χ1) is 6.18. The van der Waals surface area contributed by atoms with Gasteiger partial charge in [-0.2, -0.15) is 0 Å². The van der Waals surface area contributed by atoms with Crippen molar-refractivity contribution in [2.75, 3.05) is 0 Å². The number of hydrogen-bond donors (Lipinski definition) is 0. The summed E-state index contributed by atoms with van der Waals surface area (Å²) in [6.45, 7) is 1.67.